The van der Waals surface area contributed by atoms with E-state index >= 15 is 0 Å². The number of hydrogen-bond donors (Lipinski definition) is 0. The predicted molar refractivity (Wildman–Crippen MR) is 72.3 cm³/mol. The Morgan fingerprint density at radius 1 is 1.00 bits per heavy atom. The number of methoxy groups -OCH3 is 1. The maximum Gasteiger partial charge on any atom is 0.119 e. The van der Waals surface area contributed by atoms with Crippen LogP contribution in [0.5, 0.6) is 5.75 Å². The van der Waals surface area contributed by atoms with Crippen molar-refractivity contribution >= 4 is 16.3 Å². The van der Waals surface area contributed by atoms with Crippen molar-refractivity contribution in [2.45, 2.75) is 19.3 Å². The highest BCUT2D eigenvalue weighted by atomic mass is 16.5. The Morgan fingerprint density at radius 3 is 2.59 bits per heavy atom. The van der Waals surface area contributed by atoms with Crippen LogP contribution in [0.15, 0.2) is 42.5 Å². The van der Waals surface area contributed by atoms with E-state index in [9.17, 15) is 0 Å². The maximum absolute atomic E-state index is 5.24. The highest BCUT2D eigenvalue weighted by Gasteiger charge is 2.07. The van der Waals surface area contributed by atoms with E-state index in [-0.39, 0.29) is 0 Å². The summed E-state index contributed by atoms with van der Waals surface area (Å²) in [6.07, 6.45) is 6.12. The molecule has 0 spiro atoms. The minimum Gasteiger partial charge on any atom is -0.497 e. The second kappa shape index (κ2) is 4.25. The van der Waals surface area contributed by atoms with E-state index in [4.69, 9.17) is 4.74 Å². The van der Waals surface area contributed by atoms with Crippen LogP contribution in [0.25, 0.3) is 16.3 Å². The van der Waals surface area contributed by atoms with Crippen molar-refractivity contribution < 1.29 is 4.74 Å². The Morgan fingerprint density at radius 2 is 1.82 bits per heavy atom. The Bertz CT molecular complexity index is 581. The average Bonchev–Trinajstić information content (AvgIpc) is 2.91. The van der Waals surface area contributed by atoms with E-state index in [1.807, 2.05) is 6.07 Å². The lowest BCUT2D eigenvalue weighted by molar-refractivity contribution is 0.415. The first-order valence-corrected chi connectivity index (χ1v) is 6.14. The van der Waals surface area contributed by atoms with Gasteiger partial charge in [-0.25, -0.2) is 0 Å². The fourth-order valence-corrected chi connectivity index (χ4v) is 2.48. The van der Waals surface area contributed by atoms with E-state index in [2.05, 4.69) is 36.4 Å². The zero-order valence-electron chi connectivity index (χ0n) is 10.1. The molecule has 3 rings (SSSR count). The molecule has 1 aliphatic carbocycles. The third-order valence-electron chi connectivity index (χ3n) is 3.46. The minimum absolute atomic E-state index is 0.922. The van der Waals surface area contributed by atoms with Crippen LogP contribution < -0.4 is 4.74 Å². The van der Waals surface area contributed by atoms with Crippen LogP contribution in [-0.2, 0) is 0 Å². The van der Waals surface area contributed by atoms with Crippen molar-refractivity contribution in [3.63, 3.8) is 0 Å². The molecule has 86 valence electrons. The van der Waals surface area contributed by atoms with E-state index in [0.29, 0.717) is 0 Å². The molecule has 0 aliphatic heterocycles. The first kappa shape index (κ1) is 10.4. The van der Waals surface area contributed by atoms with Crippen molar-refractivity contribution in [1.82, 2.24) is 0 Å². The van der Waals surface area contributed by atoms with Crippen molar-refractivity contribution in [3.8, 4) is 5.75 Å². The summed E-state index contributed by atoms with van der Waals surface area (Å²) in [7, 11) is 1.71. The van der Waals surface area contributed by atoms with Crippen LogP contribution in [0.3, 0.4) is 0 Å². The summed E-state index contributed by atoms with van der Waals surface area (Å²) in [4.78, 5) is 0. The average molecular weight is 224 g/mol. The van der Waals surface area contributed by atoms with Gasteiger partial charge in [0.15, 0.2) is 0 Å². The van der Waals surface area contributed by atoms with E-state index in [1.54, 1.807) is 7.11 Å². The number of benzene rings is 2. The molecule has 0 atom stereocenters. The van der Waals surface area contributed by atoms with Gasteiger partial charge in [0.2, 0.25) is 0 Å². The van der Waals surface area contributed by atoms with Crippen LogP contribution in [0.2, 0.25) is 0 Å². The molecule has 0 saturated carbocycles. The van der Waals surface area contributed by atoms with Gasteiger partial charge in [-0.05, 0) is 59.4 Å². The van der Waals surface area contributed by atoms with Gasteiger partial charge in [0.25, 0.3) is 0 Å². The Hall–Kier alpha value is -1.76. The molecule has 0 saturated heterocycles. The first-order valence-electron chi connectivity index (χ1n) is 6.14. The molecule has 0 N–H and O–H groups in total. The van der Waals surface area contributed by atoms with Gasteiger partial charge in [0, 0.05) is 0 Å². The van der Waals surface area contributed by atoms with Gasteiger partial charge in [-0.2, -0.15) is 0 Å². The van der Waals surface area contributed by atoms with E-state index in [0.717, 1.165) is 5.75 Å². The van der Waals surface area contributed by atoms with Crippen LogP contribution in [0, 0.1) is 0 Å². The molecular formula is C16H16O. The zero-order chi connectivity index (χ0) is 11.7. The minimum atomic E-state index is 0.922. The topological polar surface area (TPSA) is 9.23 Å². The number of fused-ring (bicyclic) bond motifs is 1. The van der Waals surface area contributed by atoms with E-state index in [1.165, 1.54) is 41.2 Å². The Kier molecular flexibility index (Phi) is 2.60. The molecule has 0 bridgehead atoms. The largest absolute Gasteiger partial charge is 0.497 e. The first-order chi connectivity index (χ1) is 8.36. The summed E-state index contributed by atoms with van der Waals surface area (Å²) in [6, 6.07) is 12.9. The fourth-order valence-electron chi connectivity index (χ4n) is 2.48. The lowest BCUT2D eigenvalue weighted by atomic mass is 10.0. The second-order valence-electron chi connectivity index (χ2n) is 4.55. The number of rotatable bonds is 2. The molecule has 0 fully saturated rings. The molecule has 0 unspecified atom stereocenters. The summed E-state index contributed by atoms with van der Waals surface area (Å²) in [5.41, 5.74) is 2.88. The van der Waals surface area contributed by atoms with Gasteiger partial charge in [-0.1, -0.05) is 24.3 Å². The van der Waals surface area contributed by atoms with Crippen molar-refractivity contribution in [1.29, 1.82) is 0 Å². The summed E-state index contributed by atoms with van der Waals surface area (Å²) in [5, 5.41) is 2.53. The molecule has 1 aliphatic rings. The van der Waals surface area contributed by atoms with Gasteiger partial charge in [-0.3, -0.25) is 0 Å². The van der Waals surface area contributed by atoms with Gasteiger partial charge >= 0.3 is 0 Å². The molecule has 2 aromatic rings. The standard InChI is InChI=1S/C16H16O/c1-17-16-9-8-14-10-13(6-7-15(14)11-16)12-4-2-3-5-12/h4,6-11H,2-3,5H2,1H3. The van der Waals surface area contributed by atoms with Crippen LogP contribution >= 0.6 is 0 Å². The number of ether oxygens (including phenoxy) is 1. The third kappa shape index (κ3) is 1.93. The monoisotopic (exact) mass is 224 g/mol. The second-order valence-corrected chi connectivity index (χ2v) is 4.55. The predicted octanol–water partition coefficient (Wildman–Crippen LogP) is 4.42. The van der Waals surface area contributed by atoms with Crippen LogP contribution in [0.1, 0.15) is 24.8 Å². The van der Waals surface area contributed by atoms with Gasteiger partial charge in [0.05, 0.1) is 7.11 Å². The highest BCUT2D eigenvalue weighted by molar-refractivity contribution is 5.87. The van der Waals surface area contributed by atoms with E-state index < -0.39 is 0 Å². The van der Waals surface area contributed by atoms with Gasteiger partial charge in [-0.15, -0.1) is 0 Å². The molecule has 0 radical (unpaired) electrons. The molecule has 2 aromatic carbocycles. The Labute approximate surface area is 102 Å². The molecule has 17 heavy (non-hydrogen) atoms. The van der Waals surface area contributed by atoms with Crippen molar-refractivity contribution in [2.24, 2.45) is 0 Å². The van der Waals surface area contributed by atoms with Crippen LogP contribution in [0.4, 0.5) is 0 Å². The molecule has 0 aromatic heterocycles. The maximum atomic E-state index is 5.24. The van der Waals surface area contributed by atoms with Crippen molar-refractivity contribution in [2.75, 3.05) is 7.11 Å². The lowest BCUT2D eigenvalue weighted by Gasteiger charge is -2.06. The van der Waals surface area contributed by atoms with Crippen molar-refractivity contribution in [3.05, 3.63) is 48.0 Å². The summed E-state index contributed by atoms with van der Waals surface area (Å²) >= 11 is 0. The fraction of sp³-hybridized carbons (Fsp3) is 0.250. The number of hydrogen-bond acceptors (Lipinski definition) is 1. The smallest absolute Gasteiger partial charge is 0.119 e. The van der Waals surface area contributed by atoms with Gasteiger partial charge in [0.1, 0.15) is 5.75 Å². The Balaban J connectivity index is 2.07. The lowest BCUT2D eigenvalue weighted by Crippen LogP contribution is -1.84. The summed E-state index contributed by atoms with van der Waals surface area (Å²) in [5.74, 6) is 0.922. The van der Waals surface area contributed by atoms with Gasteiger partial charge < -0.3 is 4.74 Å². The zero-order valence-corrected chi connectivity index (χ0v) is 10.1. The third-order valence-corrected chi connectivity index (χ3v) is 3.46. The summed E-state index contributed by atoms with van der Waals surface area (Å²) < 4.78 is 5.24. The van der Waals surface area contributed by atoms with Crippen LogP contribution in [-0.4, -0.2) is 7.11 Å². The normalized spacial score (nSPS) is 15.0. The quantitative estimate of drug-likeness (QED) is 0.734. The molecular weight excluding hydrogens is 208 g/mol. The molecule has 1 heteroatoms. The molecule has 0 amide bonds. The molecule has 0 heterocycles. The highest BCUT2D eigenvalue weighted by Crippen LogP contribution is 2.30. The number of allylic oxidation sites excluding steroid dienone is 2. The SMILES string of the molecule is COc1ccc2cc(C3=CCCC3)ccc2c1. The molecule has 1 nitrogen and oxygen atoms in total. The summed E-state index contributed by atoms with van der Waals surface area (Å²) in [6.45, 7) is 0.